The lowest BCUT2D eigenvalue weighted by Crippen LogP contribution is -2.41. The Morgan fingerprint density at radius 1 is 1.10 bits per heavy atom. The summed E-state index contributed by atoms with van der Waals surface area (Å²) >= 11 is 6.74. The third-order valence-corrected chi connectivity index (χ3v) is 8.72. The van der Waals surface area contributed by atoms with Crippen LogP contribution in [0.1, 0.15) is 35.7 Å². The summed E-state index contributed by atoms with van der Waals surface area (Å²) in [6.07, 6.45) is 2.40. The Kier molecular flexibility index (Phi) is 8.04. The van der Waals surface area contributed by atoms with Gasteiger partial charge >= 0.3 is 0 Å². The number of pyridine rings is 1. The van der Waals surface area contributed by atoms with Gasteiger partial charge < -0.3 is 9.64 Å². The molecule has 41 heavy (non-hydrogen) atoms. The van der Waals surface area contributed by atoms with Crippen LogP contribution < -0.4 is 20.9 Å². The normalized spacial score (nSPS) is 16.6. The van der Waals surface area contributed by atoms with E-state index >= 15 is 0 Å². The molecule has 2 aromatic heterocycles. The fourth-order valence-electron chi connectivity index (χ4n) is 5.29. The summed E-state index contributed by atoms with van der Waals surface area (Å²) in [5.74, 6) is 0.231. The minimum Gasteiger partial charge on any atom is -0.378 e. The van der Waals surface area contributed by atoms with Crippen molar-refractivity contribution >= 4 is 51.8 Å². The van der Waals surface area contributed by atoms with E-state index in [9.17, 15) is 19.6 Å². The molecule has 0 spiro atoms. The third-order valence-electron chi connectivity index (χ3n) is 7.42. The van der Waals surface area contributed by atoms with E-state index in [1.54, 1.807) is 36.2 Å². The van der Waals surface area contributed by atoms with Crippen molar-refractivity contribution in [3.05, 3.63) is 78.3 Å². The first kappa shape index (κ1) is 28.6. The summed E-state index contributed by atoms with van der Waals surface area (Å²) in [7, 11) is 1.76. The van der Waals surface area contributed by atoms with Gasteiger partial charge in [-0.05, 0) is 44.0 Å². The largest absolute Gasteiger partial charge is 0.378 e. The van der Waals surface area contributed by atoms with E-state index in [1.165, 1.54) is 9.58 Å². The van der Waals surface area contributed by atoms with E-state index in [1.807, 2.05) is 37.3 Å². The van der Waals surface area contributed by atoms with Crippen molar-refractivity contribution in [2.45, 2.75) is 33.7 Å². The van der Waals surface area contributed by atoms with Gasteiger partial charge in [-0.1, -0.05) is 49.1 Å². The van der Waals surface area contributed by atoms with Gasteiger partial charge in [0.2, 0.25) is 0 Å². The van der Waals surface area contributed by atoms with Crippen LogP contribution in [0.15, 0.2) is 44.8 Å². The number of aromatic nitrogens is 3. The molecule has 1 aromatic carbocycles. The van der Waals surface area contributed by atoms with Gasteiger partial charge in [0.05, 0.1) is 29.5 Å². The Labute approximate surface area is 247 Å². The molecular weight excluding hydrogens is 560 g/mol. The first-order valence-electron chi connectivity index (χ1n) is 13.3. The number of nitrogens with zero attached hydrogens (tertiary/aromatic N) is 6. The lowest BCUT2D eigenvalue weighted by molar-refractivity contribution is -0.113. The van der Waals surface area contributed by atoms with Crippen LogP contribution in [0.3, 0.4) is 0 Å². The molecule has 0 bridgehead atoms. The maximum Gasteiger partial charge on any atom is 0.296 e. The number of thiocarbonyl (C=S) groups is 1. The van der Waals surface area contributed by atoms with E-state index in [-0.39, 0.29) is 26.7 Å². The molecule has 212 valence electrons. The Hall–Kier alpha value is -3.92. The molecule has 2 aliphatic rings. The van der Waals surface area contributed by atoms with E-state index in [2.05, 4.69) is 11.0 Å². The second kappa shape index (κ2) is 11.5. The molecule has 2 fully saturated rings. The van der Waals surface area contributed by atoms with Crippen molar-refractivity contribution in [3.63, 3.8) is 0 Å². The van der Waals surface area contributed by atoms with Crippen molar-refractivity contribution in [2.24, 2.45) is 7.05 Å². The predicted octanol–water partition coefficient (Wildman–Crippen LogP) is 3.48. The van der Waals surface area contributed by atoms with E-state index in [0.717, 1.165) is 11.8 Å². The topological polar surface area (TPSA) is 106 Å². The molecule has 10 nitrogen and oxygen atoms in total. The summed E-state index contributed by atoms with van der Waals surface area (Å²) in [5, 5.41) is 9.89. The number of hydrogen-bond donors (Lipinski definition) is 0. The van der Waals surface area contributed by atoms with Crippen LogP contribution in [0, 0.1) is 25.2 Å². The molecule has 4 heterocycles. The molecule has 0 N–H and O–H groups in total. The van der Waals surface area contributed by atoms with Crippen molar-refractivity contribution < 1.29 is 9.53 Å². The third kappa shape index (κ3) is 4.84. The quantitative estimate of drug-likeness (QED) is 0.318. The highest BCUT2D eigenvalue weighted by atomic mass is 32.2. The van der Waals surface area contributed by atoms with Crippen molar-refractivity contribution in [3.8, 4) is 11.8 Å². The molecule has 0 radical (unpaired) electrons. The van der Waals surface area contributed by atoms with E-state index < -0.39 is 5.91 Å². The zero-order chi connectivity index (χ0) is 29.4. The zero-order valence-corrected chi connectivity index (χ0v) is 25.0. The van der Waals surface area contributed by atoms with Crippen LogP contribution in [0.5, 0.6) is 0 Å². The Balaban J connectivity index is 1.66. The second-order valence-corrected chi connectivity index (χ2v) is 11.5. The zero-order valence-electron chi connectivity index (χ0n) is 23.3. The lowest BCUT2D eigenvalue weighted by atomic mass is 10.0. The molecule has 5 rings (SSSR count). The smallest absolute Gasteiger partial charge is 0.296 e. The molecule has 0 unspecified atom stereocenters. The van der Waals surface area contributed by atoms with Crippen molar-refractivity contribution in [2.75, 3.05) is 36.1 Å². The molecule has 2 saturated heterocycles. The monoisotopic (exact) mass is 590 g/mol. The van der Waals surface area contributed by atoms with Gasteiger partial charge in [-0.2, -0.15) is 5.26 Å². The van der Waals surface area contributed by atoms with Crippen LogP contribution in [0.4, 0.5) is 11.5 Å². The lowest BCUT2D eigenvalue weighted by Gasteiger charge is -2.33. The number of rotatable bonds is 6. The number of thioether (sulfide) groups is 1. The highest BCUT2D eigenvalue weighted by Crippen LogP contribution is 2.38. The first-order valence-corrected chi connectivity index (χ1v) is 14.6. The van der Waals surface area contributed by atoms with Gasteiger partial charge in [0.15, 0.2) is 4.32 Å². The SMILES string of the molecule is CCCn1c(N2CCOCC2)c(C=C2SC(=S)N(c3c(C)n(C)n(-c4ccccc4)c3=O)C2=O)c(C)c(C#N)c1=O. The summed E-state index contributed by atoms with van der Waals surface area (Å²) < 4.78 is 10.6. The molecule has 2 aliphatic heterocycles. The number of carbonyl (C=O) groups is 1. The van der Waals surface area contributed by atoms with Gasteiger partial charge in [0, 0.05) is 32.2 Å². The average molecular weight is 591 g/mol. The van der Waals surface area contributed by atoms with Crippen LogP contribution >= 0.6 is 24.0 Å². The minimum atomic E-state index is -0.426. The second-order valence-electron chi connectivity index (χ2n) is 9.83. The number of morpholine rings is 1. The molecule has 0 atom stereocenters. The number of anilines is 2. The van der Waals surface area contributed by atoms with Crippen LogP contribution in [0.25, 0.3) is 11.8 Å². The highest BCUT2D eigenvalue weighted by Gasteiger charge is 2.38. The number of benzene rings is 1. The fourth-order valence-corrected chi connectivity index (χ4v) is 6.55. The van der Waals surface area contributed by atoms with Gasteiger partial charge in [-0.15, -0.1) is 0 Å². The number of carbonyl (C=O) groups excluding carboxylic acids is 1. The van der Waals surface area contributed by atoms with Gasteiger partial charge in [0.25, 0.3) is 17.0 Å². The van der Waals surface area contributed by atoms with Crippen LogP contribution in [0.2, 0.25) is 0 Å². The number of nitriles is 1. The average Bonchev–Trinajstić information content (AvgIpc) is 3.36. The number of amides is 1. The van der Waals surface area contributed by atoms with Crippen molar-refractivity contribution in [1.29, 1.82) is 5.26 Å². The fraction of sp³-hybridized carbons (Fsp3) is 0.345. The molecule has 3 aromatic rings. The molecule has 0 saturated carbocycles. The first-order chi connectivity index (χ1) is 19.7. The standard InChI is InChI=1S/C29H30N6O4S2/c1-5-11-33-25(32-12-14-39-15-13-32)21(18(2)22(17-30)26(33)36)16-23-27(37)34(29(40)41-23)24-19(3)31(4)35(28(24)38)20-9-7-6-8-10-20/h6-10,16H,5,11-15H2,1-4H3. The van der Waals surface area contributed by atoms with E-state index in [4.69, 9.17) is 17.0 Å². The Morgan fingerprint density at radius 3 is 2.41 bits per heavy atom. The molecule has 0 aliphatic carbocycles. The summed E-state index contributed by atoms with van der Waals surface area (Å²) in [6, 6.07) is 11.3. The maximum absolute atomic E-state index is 13.9. The van der Waals surface area contributed by atoms with Crippen LogP contribution in [-0.2, 0) is 23.1 Å². The van der Waals surface area contributed by atoms with E-state index in [0.29, 0.717) is 72.5 Å². The van der Waals surface area contributed by atoms with Gasteiger partial charge in [0.1, 0.15) is 23.1 Å². The summed E-state index contributed by atoms with van der Waals surface area (Å²) in [6.45, 7) is 8.04. The van der Waals surface area contributed by atoms with Crippen LogP contribution in [-0.4, -0.2) is 50.5 Å². The number of hydrogen-bond acceptors (Lipinski definition) is 8. The Bertz CT molecular complexity index is 1740. The highest BCUT2D eigenvalue weighted by molar-refractivity contribution is 8.27. The Morgan fingerprint density at radius 2 is 1.78 bits per heavy atom. The number of para-hydroxylation sites is 1. The predicted molar refractivity (Wildman–Crippen MR) is 165 cm³/mol. The maximum atomic E-state index is 13.9. The molecular formula is C29H30N6O4S2. The molecule has 1 amide bonds. The minimum absolute atomic E-state index is 0.0434. The van der Waals surface area contributed by atoms with Gasteiger partial charge in [-0.3, -0.25) is 28.5 Å². The molecule has 12 heteroatoms. The summed E-state index contributed by atoms with van der Waals surface area (Å²) in [5.41, 5.74) is 1.90. The van der Waals surface area contributed by atoms with Gasteiger partial charge in [-0.25, -0.2) is 4.68 Å². The summed E-state index contributed by atoms with van der Waals surface area (Å²) in [4.78, 5) is 44.7. The number of ether oxygens (including phenoxy) is 1. The van der Waals surface area contributed by atoms with Crippen molar-refractivity contribution in [1.82, 2.24) is 13.9 Å².